The molecule has 2 rings (SSSR count). The van der Waals surface area contributed by atoms with Gasteiger partial charge in [0.2, 0.25) is 0 Å². The molecule has 0 saturated heterocycles. The maximum Gasteiger partial charge on any atom is 0.390 e. The summed E-state index contributed by atoms with van der Waals surface area (Å²) < 4.78 is 38.4. The number of nitrogens with one attached hydrogen (secondary N) is 2. The molecule has 0 aliphatic heterocycles. The van der Waals surface area contributed by atoms with Crippen LogP contribution in [0.5, 0.6) is 0 Å². The zero-order valence-electron chi connectivity index (χ0n) is 14.0. The van der Waals surface area contributed by atoms with Gasteiger partial charge in [0.25, 0.3) is 0 Å². The Hall–Kier alpha value is -1.78. The molecule has 0 amide bonds. The van der Waals surface area contributed by atoms with Crippen LogP contribution in [0.25, 0.3) is 5.69 Å². The maximum absolute atomic E-state index is 12.2. The molecule has 138 valence electrons. The van der Waals surface area contributed by atoms with Crippen LogP contribution in [-0.2, 0) is 6.54 Å². The zero-order chi connectivity index (χ0) is 17.6. The van der Waals surface area contributed by atoms with E-state index in [1.54, 1.807) is 4.68 Å². The topological polar surface area (TPSA) is 54.2 Å². The molecule has 0 aliphatic rings. The fourth-order valence-electron chi connectivity index (χ4n) is 2.16. The molecule has 0 fully saturated rings. The molecular formula is C16H21F3IN5. The summed E-state index contributed by atoms with van der Waals surface area (Å²) in [6, 6.07) is 9.58. The number of rotatable bonds is 5. The van der Waals surface area contributed by atoms with E-state index in [4.69, 9.17) is 0 Å². The SMILES string of the molecule is CN=C(NCCC(F)(F)F)NCc1ccccc1-n1ccc(C)n1.I. The highest BCUT2D eigenvalue weighted by Gasteiger charge is 2.26. The molecule has 1 heterocycles. The number of alkyl halides is 3. The minimum Gasteiger partial charge on any atom is -0.356 e. The molecule has 9 heteroatoms. The standard InChI is InChI=1S/C16H20F3N5.HI/c1-12-7-10-24(23-12)14-6-4-3-5-13(14)11-22-15(20-2)21-9-8-16(17,18)19;/h3-7,10H,8-9,11H2,1-2H3,(H2,20,21,22);1H. The highest BCUT2D eigenvalue weighted by molar-refractivity contribution is 14.0. The molecule has 1 aromatic heterocycles. The number of nitrogens with zero attached hydrogens (tertiary/aromatic N) is 3. The van der Waals surface area contributed by atoms with E-state index >= 15 is 0 Å². The summed E-state index contributed by atoms with van der Waals surface area (Å²) in [6.45, 7) is 2.10. The number of hydrogen-bond donors (Lipinski definition) is 2. The van der Waals surface area contributed by atoms with E-state index in [0.717, 1.165) is 16.9 Å². The van der Waals surface area contributed by atoms with Gasteiger partial charge in [-0.2, -0.15) is 18.3 Å². The summed E-state index contributed by atoms with van der Waals surface area (Å²) in [5.74, 6) is 0.325. The van der Waals surface area contributed by atoms with Crippen LogP contribution in [0.4, 0.5) is 13.2 Å². The van der Waals surface area contributed by atoms with Gasteiger partial charge in [-0.1, -0.05) is 18.2 Å². The van der Waals surface area contributed by atoms with Crippen LogP contribution in [0.1, 0.15) is 17.7 Å². The Morgan fingerprint density at radius 3 is 2.52 bits per heavy atom. The van der Waals surface area contributed by atoms with Crippen LogP contribution >= 0.6 is 24.0 Å². The quantitative estimate of drug-likeness (QED) is 0.403. The summed E-state index contributed by atoms with van der Waals surface area (Å²) >= 11 is 0. The van der Waals surface area contributed by atoms with Gasteiger partial charge in [0.05, 0.1) is 17.8 Å². The van der Waals surface area contributed by atoms with Crippen LogP contribution < -0.4 is 10.6 Å². The van der Waals surface area contributed by atoms with Crippen LogP contribution in [0.2, 0.25) is 0 Å². The average Bonchev–Trinajstić information content (AvgIpc) is 2.96. The second-order valence-electron chi connectivity index (χ2n) is 5.25. The van der Waals surface area contributed by atoms with Crippen molar-refractivity contribution in [2.24, 2.45) is 4.99 Å². The second kappa shape index (κ2) is 9.64. The van der Waals surface area contributed by atoms with Gasteiger partial charge in [-0.25, -0.2) is 4.68 Å². The van der Waals surface area contributed by atoms with Gasteiger partial charge >= 0.3 is 6.18 Å². The molecule has 1 aromatic carbocycles. The Balaban J connectivity index is 0.00000312. The summed E-state index contributed by atoms with van der Waals surface area (Å²) in [6.07, 6.45) is -3.22. The lowest BCUT2D eigenvalue weighted by Crippen LogP contribution is -2.38. The fraction of sp³-hybridized carbons (Fsp3) is 0.375. The minimum atomic E-state index is -4.18. The molecule has 2 aromatic rings. The van der Waals surface area contributed by atoms with Gasteiger partial charge in [-0.15, -0.1) is 24.0 Å². The van der Waals surface area contributed by atoms with Crippen molar-refractivity contribution in [3.05, 3.63) is 47.8 Å². The van der Waals surface area contributed by atoms with E-state index in [0.29, 0.717) is 12.5 Å². The largest absolute Gasteiger partial charge is 0.390 e. The first-order valence-electron chi connectivity index (χ1n) is 7.51. The third kappa shape index (κ3) is 6.92. The minimum absolute atomic E-state index is 0. The van der Waals surface area contributed by atoms with Crippen LogP contribution in [0, 0.1) is 6.92 Å². The summed E-state index contributed by atoms with van der Waals surface area (Å²) in [4.78, 5) is 3.93. The lowest BCUT2D eigenvalue weighted by Gasteiger charge is -2.15. The number of halogens is 4. The van der Waals surface area contributed by atoms with Gasteiger partial charge in [0.15, 0.2) is 5.96 Å². The zero-order valence-corrected chi connectivity index (χ0v) is 16.3. The summed E-state index contributed by atoms with van der Waals surface area (Å²) in [5.41, 5.74) is 2.77. The number of guanidine groups is 1. The predicted octanol–water partition coefficient (Wildman–Crippen LogP) is 3.42. The lowest BCUT2D eigenvalue weighted by atomic mass is 10.2. The van der Waals surface area contributed by atoms with Gasteiger partial charge in [-0.05, 0) is 24.6 Å². The summed E-state index contributed by atoms with van der Waals surface area (Å²) in [5, 5.41) is 10.1. The molecule has 0 saturated carbocycles. The Morgan fingerprint density at radius 2 is 1.92 bits per heavy atom. The van der Waals surface area contributed by atoms with Crippen LogP contribution in [-0.4, -0.2) is 35.5 Å². The number of aliphatic imine (C=N–C) groups is 1. The third-order valence-corrected chi connectivity index (χ3v) is 3.33. The van der Waals surface area contributed by atoms with Gasteiger partial charge in [0, 0.05) is 26.3 Å². The number of aromatic nitrogens is 2. The second-order valence-corrected chi connectivity index (χ2v) is 5.25. The third-order valence-electron chi connectivity index (χ3n) is 3.33. The molecule has 0 unspecified atom stereocenters. The van der Waals surface area contributed by atoms with E-state index in [1.165, 1.54) is 7.05 Å². The van der Waals surface area contributed by atoms with Crippen molar-refractivity contribution in [3.8, 4) is 5.69 Å². The molecule has 0 spiro atoms. The van der Waals surface area contributed by atoms with E-state index in [-0.39, 0.29) is 30.5 Å². The molecule has 2 N–H and O–H groups in total. The van der Waals surface area contributed by atoms with E-state index in [9.17, 15) is 13.2 Å². The summed E-state index contributed by atoms with van der Waals surface area (Å²) in [7, 11) is 1.52. The van der Waals surface area contributed by atoms with Gasteiger partial charge < -0.3 is 10.6 Å². The number of hydrogen-bond acceptors (Lipinski definition) is 2. The van der Waals surface area contributed by atoms with Crippen molar-refractivity contribution in [1.29, 1.82) is 0 Å². The van der Waals surface area contributed by atoms with E-state index in [2.05, 4.69) is 20.7 Å². The Kier molecular flexibility index (Phi) is 8.20. The van der Waals surface area contributed by atoms with Crippen LogP contribution in [0.3, 0.4) is 0 Å². The number of aryl methyl sites for hydroxylation is 1. The molecule has 25 heavy (non-hydrogen) atoms. The average molecular weight is 467 g/mol. The highest BCUT2D eigenvalue weighted by Crippen LogP contribution is 2.18. The van der Waals surface area contributed by atoms with Crippen molar-refractivity contribution < 1.29 is 13.2 Å². The Morgan fingerprint density at radius 1 is 1.20 bits per heavy atom. The van der Waals surface area contributed by atoms with Gasteiger partial charge in [-0.3, -0.25) is 4.99 Å². The molecule has 0 aliphatic carbocycles. The fourth-order valence-corrected chi connectivity index (χ4v) is 2.16. The lowest BCUT2D eigenvalue weighted by molar-refractivity contribution is -0.132. The van der Waals surface area contributed by atoms with E-state index in [1.807, 2.05) is 43.5 Å². The van der Waals surface area contributed by atoms with Gasteiger partial charge in [0.1, 0.15) is 0 Å². The van der Waals surface area contributed by atoms with Crippen molar-refractivity contribution in [2.45, 2.75) is 26.1 Å². The van der Waals surface area contributed by atoms with Crippen molar-refractivity contribution in [2.75, 3.05) is 13.6 Å². The molecule has 0 bridgehead atoms. The van der Waals surface area contributed by atoms with Crippen LogP contribution in [0.15, 0.2) is 41.5 Å². The Labute approximate surface area is 161 Å². The van der Waals surface area contributed by atoms with Crippen molar-refractivity contribution in [3.63, 3.8) is 0 Å². The molecule has 5 nitrogen and oxygen atoms in total. The maximum atomic E-state index is 12.2. The smallest absolute Gasteiger partial charge is 0.356 e. The molecular weight excluding hydrogens is 446 g/mol. The Bertz CT molecular complexity index is 697. The first-order valence-corrected chi connectivity index (χ1v) is 7.51. The molecule has 0 radical (unpaired) electrons. The first-order chi connectivity index (χ1) is 11.4. The van der Waals surface area contributed by atoms with Crippen molar-refractivity contribution in [1.82, 2.24) is 20.4 Å². The number of benzene rings is 1. The highest BCUT2D eigenvalue weighted by atomic mass is 127. The molecule has 0 atom stereocenters. The first kappa shape index (κ1) is 21.3. The number of para-hydroxylation sites is 1. The van der Waals surface area contributed by atoms with Crippen molar-refractivity contribution >= 4 is 29.9 Å². The monoisotopic (exact) mass is 467 g/mol. The normalized spacial score (nSPS) is 11.8. The van der Waals surface area contributed by atoms with E-state index < -0.39 is 12.6 Å². The predicted molar refractivity (Wildman–Crippen MR) is 103 cm³/mol.